The zero-order valence-electron chi connectivity index (χ0n) is 13.8. The summed E-state index contributed by atoms with van der Waals surface area (Å²) < 4.78 is 10.4. The minimum atomic E-state index is -0.395. The maximum atomic E-state index is 12.3. The standard InChI is InChI=1S/C19H16N2O4/c1-12(22)13-6-8-15(9-7-13)20-19(23)17-11-18(25-21-17)14-4-3-5-16(10-14)24-2/h3-11H,1-2H3,(H,20,23). The van der Waals surface area contributed by atoms with Crippen LogP contribution in [0.3, 0.4) is 0 Å². The Balaban J connectivity index is 1.75. The number of anilines is 1. The second-order valence-corrected chi connectivity index (χ2v) is 5.40. The van der Waals surface area contributed by atoms with Crippen LogP contribution in [0, 0.1) is 0 Å². The van der Waals surface area contributed by atoms with Crippen LogP contribution in [-0.4, -0.2) is 24.0 Å². The van der Waals surface area contributed by atoms with Crippen molar-refractivity contribution in [2.45, 2.75) is 6.92 Å². The fraction of sp³-hybridized carbons (Fsp3) is 0.105. The quantitative estimate of drug-likeness (QED) is 0.717. The summed E-state index contributed by atoms with van der Waals surface area (Å²) in [5, 5.41) is 6.52. The van der Waals surface area contributed by atoms with Crippen molar-refractivity contribution in [1.29, 1.82) is 0 Å². The maximum Gasteiger partial charge on any atom is 0.277 e. The Labute approximate surface area is 144 Å². The normalized spacial score (nSPS) is 10.3. The molecular formula is C19H16N2O4. The molecule has 1 aromatic heterocycles. The summed E-state index contributed by atoms with van der Waals surface area (Å²) in [5.74, 6) is 0.729. The first kappa shape index (κ1) is 16.4. The molecule has 1 heterocycles. The van der Waals surface area contributed by atoms with Gasteiger partial charge in [0.25, 0.3) is 5.91 Å². The number of hydrogen-bond acceptors (Lipinski definition) is 5. The van der Waals surface area contributed by atoms with E-state index in [2.05, 4.69) is 10.5 Å². The van der Waals surface area contributed by atoms with Crippen molar-refractivity contribution in [2.24, 2.45) is 0 Å². The van der Waals surface area contributed by atoms with Gasteiger partial charge in [0.2, 0.25) is 0 Å². The van der Waals surface area contributed by atoms with Crippen molar-refractivity contribution in [3.63, 3.8) is 0 Å². The second-order valence-electron chi connectivity index (χ2n) is 5.40. The van der Waals surface area contributed by atoms with Crippen LogP contribution in [0.5, 0.6) is 5.75 Å². The van der Waals surface area contributed by atoms with E-state index < -0.39 is 5.91 Å². The first-order valence-corrected chi connectivity index (χ1v) is 7.60. The molecule has 0 aliphatic carbocycles. The smallest absolute Gasteiger partial charge is 0.277 e. The molecule has 0 aliphatic heterocycles. The molecule has 1 N–H and O–H groups in total. The maximum absolute atomic E-state index is 12.3. The number of rotatable bonds is 5. The fourth-order valence-electron chi connectivity index (χ4n) is 2.28. The number of nitrogens with one attached hydrogen (secondary N) is 1. The largest absolute Gasteiger partial charge is 0.497 e. The lowest BCUT2D eigenvalue weighted by Crippen LogP contribution is -2.12. The SMILES string of the molecule is COc1cccc(-c2cc(C(=O)Nc3ccc(C(C)=O)cc3)no2)c1. The second kappa shape index (κ2) is 7.00. The Morgan fingerprint density at radius 2 is 1.84 bits per heavy atom. The highest BCUT2D eigenvalue weighted by Gasteiger charge is 2.14. The van der Waals surface area contributed by atoms with Crippen molar-refractivity contribution in [3.05, 3.63) is 65.9 Å². The highest BCUT2D eigenvalue weighted by atomic mass is 16.5. The van der Waals surface area contributed by atoms with E-state index in [0.29, 0.717) is 22.8 Å². The Kier molecular flexibility index (Phi) is 4.61. The molecule has 1 amide bonds. The number of methoxy groups -OCH3 is 1. The van der Waals surface area contributed by atoms with Crippen LogP contribution in [0.25, 0.3) is 11.3 Å². The predicted octanol–water partition coefficient (Wildman–Crippen LogP) is 3.81. The van der Waals surface area contributed by atoms with Gasteiger partial charge in [0.1, 0.15) is 5.75 Å². The first-order valence-electron chi connectivity index (χ1n) is 7.60. The Hall–Kier alpha value is -3.41. The number of carbonyl (C=O) groups excluding carboxylic acids is 2. The van der Waals surface area contributed by atoms with Crippen LogP contribution in [0.1, 0.15) is 27.8 Å². The third-order valence-corrected chi connectivity index (χ3v) is 3.65. The van der Waals surface area contributed by atoms with Gasteiger partial charge in [0, 0.05) is 22.9 Å². The average Bonchev–Trinajstić information content (AvgIpc) is 3.12. The van der Waals surface area contributed by atoms with Crippen LogP contribution >= 0.6 is 0 Å². The molecule has 126 valence electrons. The van der Waals surface area contributed by atoms with Gasteiger partial charge in [0.05, 0.1) is 7.11 Å². The average molecular weight is 336 g/mol. The van der Waals surface area contributed by atoms with Gasteiger partial charge in [-0.1, -0.05) is 17.3 Å². The number of Topliss-reactive ketones (excluding diaryl/α,β-unsaturated/α-hetero) is 1. The number of hydrogen-bond donors (Lipinski definition) is 1. The summed E-state index contributed by atoms with van der Waals surface area (Å²) in [7, 11) is 1.58. The summed E-state index contributed by atoms with van der Waals surface area (Å²) in [6, 6.07) is 15.5. The topological polar surface area (TPSA) is 81.4 Å². The van der Waals surface area contributed by atoms with E-state index in [1.54, 1.807) is 43.5 Å². The minimum absolute atomic E-state index is 0.0303. The number of benzene rings is 2. The lowest BCUT2D eigenvalue weighted by Gasteiger charge is -2.03. The third kappa shape index (κ3) is 3.74. The number of carbonyl (C=O) groups is 2. The molecule has 6 nitrogen and oxygen atoms in total. The van der Waals surface area contributed by atoms with Crippen LogP contribution in [0.4, 0.5) is 5.69 Å². The van der Waals surface area contributed by atoms with Crippen molar-refractivity contribution in [1.82, 2.24) is 5.16 Å². The molecule has 0 spiro atoms. The zero-order valence-corrected chi connectivity index (χ0v) is 13.8. The molecule has 3 rings (SSSR count). The molecule has 0 saturated heterocycles. The fourth-order valence-corrected chi connectivity index (χ4v) is 2.28. The summed E-state index contributed by atoms with van der Waals surface area (Å²) >= 11 is 0. The summed E-state index contributed by atoms with van der Waals surface area (Å²) in [4.78, 5) is 23.5. The Bertz CT molecular complexity index is 913. The van der Waals surface area contributed by atoms with Crippen LogP contribution in [0.15, 0.2) is 59.1 Å². The third-order valence-electron chi connectivity index (χ3n) is 3.65. The summed E-state index contributed by atoms with van der Waals surface area (Å²) in [6.45, 7) is 1.49. The predicted molar refractivity (Wildman–Crippen MR) is 92.9 cm³/mol. The van der Waals surface area contributed by atoms with Gasteiger partial charge >= 0.3 is 0 Å². The van der Waals surface area contributed by atoms with E-state index >= 15 is 0 Å². The van der Waals surface area contributed by atoms with Gasteiger partial charge in [-0.25, -0.2) is 0 Å². The molecule has 0 saturated carbocycles. The van der Waals surface area contributed by atoms with E-state index in [4.69, 9.17) is 9.26 Å². The first-order chi connectivity index (χ1) is 12.1. The molecular weight excluding hydrogens is 320 g/mol. The summed E-state index contributed by atoms with van der Waals surface area (Å²) in [5.41, 5.74) is 2.07. The number of amides is 1. The van der Waals surface area contributed by atoms with Gasteiger partial charge in [-0.05, 0) is 43.3 Å². The van der Waals surface area contributed by atoms with Crippen LogP contribution < -0.4 is 10.1 Å². The molecule has 0 aliphatic rings. The van der Waals surface area contributed by atoms with Crippen LogP contribution in [0.2, 0.25) is 0 Å². The van der Waals surface area contributed by atoms with Gasteiger partial charge < -0.3 is 14.6 Å². The number of ether oxygens (including phenoxy) is 1. The number of ketones is 1. The van der Waals surface area contributed by atoms with E-state index in [9.17, 15) is 9.59 Å². The molecule has 0 unspecified atom stereocenters. The molecule has 6 heteroatoms. The van der Waals surface area contributed by atoms with E-state index in [1.165, 1.54) is 6.92 Å². The molecule has 2 aromatic carbocycles. The van der Waals surface area contributed by atoms with Crippen LogP contribution in [-0.2, 0) is 0 Å². The van der Waals surface area contributed by atoms with Crippen molar-refractivity contribution < 1.29 is 18.8 Å². The molecule has 25 heavy (non-hydrogen) atoms. The Morgan fingerprint density at radius 1 is 1.08 bits per heavy atom. The van der Waals surface area contributed by atoms with E-state index in [-0.39, 0.29) is 11.5 Å². The van der Waals surface area contributed by atoms with Gasteiger partial charge in [-0.15, -0.1) is 0 Å². The van der Waals surface area contributed by atoms with Crippen molar-refractivity contribution in [2.75, 3.05) is 12.4 Å². The molecule has 0 atom stereocenters. The number of nitrogens with zero attached hydrogens (tertiary/aromatic N) is 1. The van der Waals surface area contributed by atoms with Gasteiger partial charge in [0.15, 0.2) is 17.2 Å². The molecule has 0 fully saturated rings. The lowest BCUT2D eigenvalue weighted by molar-refractivity contribution is 0.101. The number of aromatic nitrogens is 1. The highest BCUT2D eigenvalue weighted by Crippen LogP contribution is 2.24. The molecule has 0 radical (unpaired) electrons. The van der Waals surface area contributed by atoms with Crippen molar-refractivity contribution in [3.8, 4) is 17.1 Å². The molecule has 0 bridgehead atoms. The zero-order chi connectivity index (χ0) is 17.8. The lowest BCUT2D eigenvalue weighted by atomic mass is 10.1. The summed E-state index contributed by atoms with van der Waals surface area (Å²) in [6.07, 6.45) is 0. The monoisotopic (exact) mass is 336 g/mol. The van der Waals surface area contributed by atoms with E-state index in [0.717, 1.165) is 5.56 Å². The molecule has 3 aromatic rings. The minimum Gasteiger partial charge on any atom is -0.497 e. The Morgan fingerprint density at radius 3 is 2.52 bits per heavy atom. The highest BCUT2D eigenvalue weighted by molar-refractivity contribution is 6.03. The van der Waals surface area contributed by atoms with Gasteiger partial charge in [-0.3, -0.25) is 9.59 Å². The van der Waals surface area contributed by atoms with Gasteiger partial charge in [-0.2, -0.15) is 0 Å². The van der Waals surface area contributed by atoms with E-state index in [1.807, 2.05) is 18.2 Å². The van der Waals surface area contributed by atoms with Crippen molar-refractivity contribution >= 4 is 17.4 Å².